The number of hydrogen-bond acceptors (Lipinski definition) is 2. The fourth-order valence-electron chi connectivity index (χ4n) is 2.89. The molecule has 108 valence electrons. The van der Waals surface area contributed by atoms with Crippen molar-refractivity contribution in [2.45, 2.75) is 70.9 Å². The van der Waals surface area contributed by atoms with Gasteiger partial charge >= 0.3 is 0 Å². The average Bonchev–Trinajstić information content (AvgIpc) is 3.14. The van der Waals surface area contributed by atoms with Gasteiger partial charge in [0.2, 0.25) is 11.8 Å². The Morgan fingerprint density at radius 1 is 1.21 bits per heavy atom. The monoisotopic (exact) mass is 266 g/mol. The maximum Gasteiger partial charge on any atom is 0.248 e. The van der Waals surface area contributed by atoms with Crippen LogP contribution in [0.4, 0.5) is 0 Å². The first-order valence-corrected chi connectivity index (χ1v) is 7.60. The van der Waals surface area contributed by atoms with Crippen LogP contribution in [-0.4, -0.2) is 34.8 Å². The number of nitrogens with one attached hydrogen (secondary N) is 1. The van der Waals surface area contributed by atoms with Gasteiger partial charge in [-0.1, -0.05) is 26.2 Å². The van der Waals surface area contributed by atoms with E-state index in [2.05, 4.69) is 12.2 Å². The summed E-state index contributed by atoms with van der Waals surface area (Å²) in [6.45, 7) is 6.51. The lowest BCUT2D eigenvalue weighted by atomic mass is 9.94. The molecule has 0 aromatic carbocycles. The number of carbonyl (C=O) groups excluding carboxylic acids is 2. The van der Waals surface area contributed by atoms with Crippen LogP contribution in [0.5, 0.6) is 0 Å². The first kappa shape index (κ1) is 14.4. The van der Waals surface area contributed by atoms with Gasteiger partial charge in [0.1, 0.15) is 11.6 Å². The lowest BCUT2D eigenvalue weighted by Crippen LogP contribution is -2.68. The number of rotatable bonds is 6. The van der Waals surface area contributed by atoms with Crippen LogP contribution >= 0.6 is 0 Å². The second kappa shape index (κ2) is 5.51. The first-order valence-electron chi connectivity index (χ1n) is 7.60. The summed E-state index contributed by atoms with van der Waals surface area (Å²) in [5.41, 5.74) is -0.743. The van der Waals surface area contributed by atoms with Crippen LogP contribution in [0.1, 0.15) is 59.3 Å². The number of carbonyl (C=O) groups is 2. The Labute approximate surface area is 115 Å². The van der Waals surface area contributed by atoms with Crippen molar-refractivity contribution in [3.05, 3.63) is 0 Å². The van der Waals surface area contributed by atoms with E-state index in [1.807, 2.05) is 4.90 Å². The zero-order valence-corrected chi connectivity index (χ0v) is 12.4. The topological polar surface area (TPSA) is 49.4 Å². The molecule has 4 nitrogen and oxygen atoms in total. The predicted molar refractivity (Wildman–Crippen MR) is 74.6 cm³/mol. The molecule has 1 heterocycles. The van der Waals surface area contributed by atoms with Gasteiger partial charge in [0.15, 0.2) is 0 Å². The van der Waals surface area contributed by atoms with E-state index in [0.29, 0.717) is 5.92 Å². The second-order valence-corrected chi connectivity index (χ2v) is 6.46. The summed E-state index contributed by atoms with van der Waals surface area (Å²) in [4.78, 5) is 26.6. The highest BCUT2D eigenvalue weighted by atomic mass is 16.2. The number of hydrogen-bond donors (Lipinski definition) is 1. The molecule has 1 unspecified atom stereocenters. The third kappa shape index (κ3) is 3.10. The van der Waals surface area contributed by atoms with Crippen molar-refractivity contribution in [1.29, 1.82) is 0 Å². The van der Waals surface area contributed by atoms with Crippen molar-refractivity contribution in [2.75, 3.05) is 6.54 Å². The molecule has 2 amide bonds. The lowest BCUT2D eigenvalue weighted by Gasteiger charge is -2.43. The normalized spacial score (nSPS) is 26.5. The molecule has 19 heavy (non-hydrogen) atoms. The van der Waals surface area contributed by atoms with Gasteiger partial charge in [0.25, 0.3) is 0 Å². The summed E-state index contributed by atoms with van der Waals surface area (Å²) in [7, 11) is 0. The zero-order valence-electron chi connectivity index (χ0n) is 12.4. The molecule has 1 saturated heterocycles. The Kier molecular flexibility index (Phi) is 4.16. The highest BCUT2D eigenvalue weighted by molar-refractivity contribution is 5.99. The maximum absolute atomic E-state index is 12.5. The molecule has 2 fully saturated rings. The molecule has 0 bridgehead atoms. The van der Waals surface area contributed by atoms with Crippen LogP contribution in [0.25, 0.3) is 0 Å². The minimum Gasteiger partial charge on any atom is -0.340 e. The van der Waals surface area contributed by atoms with Crippen LogP contribution in [0.3, 0.4) is 0 Å². The molecule has 2 rings (SSSR count). The quantitative estimate of drug-likeness (QED) is 0.748. The minimum absolute atomic E-state index is 0.0441. The van der Waals surface area contributed by atoms with E-state index in [1.54, 1.807) is 13.8 Å². The van der Waals surface area contributed by atoms with Gasteiger partial charge in [0, 0.05) is 6.54 Å². The molecule has 4 heteroatoms. The molecule has 2 aliphatic rings. The second-order valence-electron chi connectivity index (χ2n) is 6.46. The van der Waals surface area contributed by atoms with Gasteiger partial charge in [-0.2, -0.15) is 0 Å². The largest absolute Gasteiger partial charge is 0.340 e. The smallest absolute Gasteiger partial charge is 0.248 e. The minimum atomic E-state index is -0.743. The number of amides is 2. The molecule has 0 spiro atoms. The van der Waals surface area contributed by atoms with E-state index in [-0.39, 0.29) is 17.9 Å². The SMILES string of the molecule is CCCCCCN1C(=O)C(C)(C)NC(=O)C1C1CC1. The van der Waals surface area contributed by atoms with Gasteiger partial charge in [-0.3, -0.25) is 9.59 Å². The van der Waals surface area contributed by atoms with Gasteiger partial charge < -0.3 is 10.2 Å². The van der Waals surface area contributed by atoms with Crippen LogP contribution in [-0.2, 0) is 9.59 Å². The average molecular weight is 266 g/mol. The van der Waals surface area contributed by atoms with Gasteiger partial charge in [-0.15, -0.1) is 0 Å². The third-order valence-electron chi connectivity index (χ3n) is 4.16. The molecular weight excluding hydrogens is 240 g/mol. The summed E-state index contributed by atoms with van der Waals surface area (Å²) in [6, 6.07) is -0.206. The molecular formula is C15H26N2O2. The fourth-order valence-corrected chi connectivity index (χ4v) is 2.89. The van der Waals surface area contributed by atoms with Crippen LogP contribution in [0.15, 0.2) is 0 Å². The molecule has 0 radical (unpaired) electrons. The predicted octanol–water partition coefficient (Wildman–Crippen LogP) is 2.08. The molecule has 1 N–H and O–H groups in total. The van der Waals surface area contributed by atoms with Gasteiger partial charge in [0.05, 0.1) is 0 Å². The van der Waals surface area contributed by atoms with Crippen molar-refractivity contribution in [2.24, 2.45) is 5.92 Å². The summed E-state index contributed by atoms with van der Waals surface area (Å²) in [5, 5.41) is 2.88. The van der Waals surface area contributed by atoms with Crippen molar-refractivity contribution in [3.8, 4) is 0 Å². The van der Waals surface area contributed by atoms with Crippen molar-refractivity contribution in [3.63, 3.8) is 0 Å². The summed E-state index contributed by atoms with van der Waals surface area (Å²) in [5.74, 6) is 0.523. The van der Waals surface area contributed by atoms with E-state index in [1.165, 1.54) is 12.8 Å². The highest BCUT2D eigenvalue weighted by Crippen LogP contribution is 2.38. The highest BCUT2D eigenvalue weighted by Gasteiger charge is 2.50. The van der Waals surface area contributed by atoms with Crippen LogP contribution in [0, 0.1) is 5.92 Å². The van der Waals surface area contributed by atoms with Crippen LogP contribution < -0.4 is 5.32 Å². The summed E-state index contributed by atoms with van der Waals surface area (Å²) in [6.07, 6.45) is 6.69. The van der Waals surface area contributed by atoms with E-state index in [0.717, 1.165) is 32.2 Å². The Morgan fingerprint density at radius 2 is 1.89 bits per heavy atom. The Balaban J connectivity index is 2.04. The molecule has 1 saturated carbocycles. The standard InChI is InChI=1S/C15H26N2O2/c1-4-5-6-7-10-17-12(11-8-9-11)13(18)16-15(2,3)14(17)19/h11-12H,4-10H2,1-3H3,(H,16,18). The fraction of sp³-hybridized carbons (Fsp3) is 0.867. The summed E-state index contributed by atoms with van der Waals surface area (Å²) < 4.78 is 0. The van der Waals surface area contributed by atoms with E-state index >= 15 is 0 Å². The summed E-state index contributed by atoms with van der Waals surface area (Å²) >= 11 is 0. The van der Waals surface area contributed by atoms with Gasteiger partial charge in [-0.25, -0.2) is 0 Å². The third-order valence-corrected chi connectivity index (χ3v) is 4.16. The lowest BCUT2D eigenvalue weighted by molar-refractivity contribution is -0.154. The molecule has 0 aromatic heterocycles. The Bertz CT molecular complexity index is 361. The Hall–Kier alpha value is -1.06. The number of piperazine rings is 1. The maximum atomic E-state index is 12.5. The molecule has 1 atom stereocenters. The molecule has 1 aliphatic carbocycles. The van der Waals surface area contributed by atoms with Crippen LogP contribution in [0.2, 0.25) is 0 Å². The van der Waals surface area contributed by atoms with Crippen molar-refractivity contribution in [1.82, 2.24) is 10.2 Å². The first-order chi connectivity index (χ1) is 8.97. The number of unbranched alkanes of at least 4 members (excludes halogenated alkanes) is 3. The zero-order chi connectivity index (χ0) is 14.0. The number of nitrogens with zero attached hydrogens (tertiary/aromatic N) is 1. The van der Waals surface area contributed by atoms with E-state index in [4.69, 9.17) is 0 Å². The molecule has 1 aliphatic heterocycles. The Morgan fingerprint density at radius 3 is 2.47 bits per heavy atom. The molecule has 0 aromatic rings. The van der Waals surface area contributed by atoms with Crippen molar-refractivity contribution >= 4 is 11.8 Å². The van der Waals surface area contributed by atoms with E-state index < -0.39 is 5.54 Å². The van der Waals surface area contributed by atoms with E-state index in [9.17, 15) is 9.59 Å². The van der Waals surface area contributed by atoms with Crippen molar-refractivity contribution < 1.29 is 9.59 Å². The van der Waals surface area contributed by atoms with Gasteiger partial charge in [-0.05, 0) is 39.0 Å².